The highest BCUT2D eigenvalue weighted by Crippen LogP contribution is 2.14. The molecular formula is C13H14N2. The normalized spacial score (nSPS) is 9.93. The molecule has 0 aliphatic carbocycles. The largest absolute Gasteiger partial charge is 0.340 e. The topological polar surface area (TPSA) is 24.9 Å². The average Bonchev–Trinajstić information content (AvgIpc) is 2.31. The molecule has 1 heterocycles. The number of rotatable bonds is 3. The van der Waals surface area contributed by atoms with E-state index in [9.17, 15) is 0 Å². The van der Waals surface area contributed by atoms with E-state index in [2.05, 4.69) is 23.3 Å². The molecule has 0 radical (unpaired) electrons. The molecule has 0 bridgehead atoms. The Balaban J connectivity index is 2.17. The Morgan fingerprint density at radius 2 is 1.93 bits per heavy atom. The van der Waals surface area contributed by atoms with Gasteiger partial charge < -0.3 is 5.32 Å². The quantitative estimate of drug-likeness (QED) is 0.817. The molecule has 2 heteroatoms. The number of nitrogens with one attached hydrogen (secondary N) is 1. The third-order valence-corrected chi connectivity index (χ3v) is 2.28. The number of anilines is 2. The predicted molar refractivity (Wildman–Crippen MR) is 63.3 cm³/mol. The first kappa shape index (κ1) is 9.71. The van der Waals surface area contributed by atoms with Crippen LogP contribution >= 0.6 is 0 Å². The summed E-state index contributed by atoms with van der Waals surface area (Å²) < 4.78 is 0. The van der Waals surface area contributed by atoms with Crippen LogP contribution in [0.15, 0.2) is 48.7 Å². The molecule has 2 nitrogen and oxygen atoms in total. The average molecular weight is 198 g/mol. The van der Waals surface area contributed by atoms with E-state index in [-0.39, 0.29) is 0 Å². The first-order chi connectivity index (χ1) is 7.38. The van der Waals surface area contributed by atoms with Crippen LogP contribution < -0.4 is 5.32 Å². The van der Waals surface area contributed by atoms with Crippen LogP contribution in [0.4, 0.5) is 11.5 Å². The first-order valence-corrected chi connectivity index (χ1v) is 5.15. The Labute approximate surface area is 90.0 Å². The summed E-state index contributed by atoms with van der Waals surface area (Å²) in [6, 6.07) is 14.2. The Morgan fingerprint density at radius 3 is 2.67 bits per heavy atom. The molecule has 2 aromatic rings. The van der Waals surface area contributed by atoms with Gasteiger partial charge in [0.25, 0.3) is 0 Å². The van der Waals surface area contributed by atoms with Crippen molar-refractivity contribution < 1.29 is 0 Å². The van der Waals surface area contributed by atoms with E-state index in [1.807, 2.05) is 42.6 Å². The van der Waals surface area contributed by atoms with Crippen LogP contribution in [-0.4, -0.2) is 4.98 Å². The number of benzene rings is 1. The van der Waals surface area contributed by atoms with Gasteiger partial charge in [0.15, 0.2) is 0 Å². The second-order valence-electron chi connectivity index (χ2n) is 3.39. The summed E-state index contributed by atoms with van der Waals surface area (Å²) in [5.74, 6) is 0.903. The monoisotopic (exact) mass is 198 g/mol. The fraction of sp³-hybridized carbons (Fsp3) is 0.154. The molecule has 2 rings (SSSR count). The number of aromatic nitrogens is 1. The van der Waals surface area contributed by atoms with Crippen LogP contribution in [0.2, 0.25) is 0 Å². The molecule has 1 aromatic carbocycles. The molecule has 0 aliphatic heterocycles. The van der Waals surface area contributed by atoms with Gasteiger partial charge in [0.05, 0.1) is 0 Å². The molecule has 0 unspecified atom stereocenters. The Hall–Kier alpha value is -1.83. The van der Waals surface area contributed by atoms with Gasteiger partial charge in [-0.15, -0.1) is 0 Å². The van der Waals surface area contributed by atoms with Gasteiger partial charge in [-0.05, 0) is 36.2 Å². The first-order valence-electron chi connectivity index (χ1n) is 5.15. The maximum atomic E-state index is 4.27. The molecule has 0 atom stereocenters. The van der Waals surface area contributed by atoms with Gasteiger partial charge in [0.2, 0.25) is 0 Å². The number of hydrogen-bond acceptors (Lipinski definition) is 2. The highest BCUT2D eigenvalue weighted by molar-refractivity contribution is 5.56. The van der Waals surface area contributed by atoms with E-state index < -0.39 is 0 Å². The molecule has 76 valence electrons. The van der Waals surface area contributed by atoms with E-state index in [4.69, 9.17) is 0 Å². The number of aryl methyl sites for hydroxylation is 1. The zero-order valence-electron chi connectivity index (χ0n) is 8.77. The highest BCUT2D eigenvalue weighted by Gasteiger charge is 1.95. The molecule has 0 amide bonds. The summed E-state index contributed by atoms with van der Waals surface area (Å²) in [5.41, 5.74) is 2.36. The zero-order valence-corrected chi connectivity index (χ0v) is 8.77. The fourth-order valence-corrected chi connectivity index (χ4v) is 1.43. The van der Waals surface area contributed by atoms with Gasteiger partial charge in [-0.2, -0.15) is 0 Å². The Morgan fingerprint density at radius 1 is 1.13 bits per heavy atom. The lowest BCUT2D eigenvalue weighted by Gasteiger charge is -2.05. The van der Waals surface area contributed by atoms with Gasteiger partial charge in [-0.3, -0.25) is 0 Å². The van der Waals surface area contributed by atoms with Crippen molar-refractivity contribution in [3.63, 3.8) is 0 Å². The smallest absolute Gasteiger partial charge is 0.130 e. The van der Waals surface area contributed by atoms with Crippen LogP contribution in [0.5, 0.6) is 0 Å². The zero-order chi connectivity index (χ0) is 10.5. The lowest BCUT2D eigenvalue weighted by Crippen LogP contribution is -1.93. The minimum atomic E-state index is 0.903. The molecule has 0 fully saturated rings. The fourth-order valence-electron chi connectivity index (χ4n) is 1.43. The predicted octanol–water partition coefficient (Wildman–Crippen LogP) is 3.39. The maximum absolute atomic E-state index is 4.27. The van der Waals surface area contributed by atoms with E-state index in [1.54, 1.807) is 0 Å². The molecule has 15 heavy (non-hydrogen) atoms. The van der Waals surface area contributed by atoms with Crippen molar-refractivity contribution in [2.24, 2.45) is 0 Å². The van der Waals surface area contributed by atoms with Crippen molar-refractivity contribution in [3.8, 4) is 0 Å². The molecule has 1 aromatic heterocycles. The minimum Gasteiger partial charge on any atom is -0.340 e. The number of para-hydroxylation sites is 1. The summed E-state index contributed by atoms with van der Waals surface area (Å²) in [6.07, 6.45) is 2.87. The second kappa shape index (κ2) is 4.60. The number of nitrogens with zero attached hydrogens (tertiary/aromatic N) is 1. The van der Waals surface area contributed by atoms with Crippen LogP contribution in [0.1, 0.15) is 12.5 Å². The van der Waals surface area contributed by atoms with E-state index in [1.165, 1.54) is 5.56 Å². The molecular weight excluding hydrogens is 184 g/mol. The number of hydrogen-bond donors (Lipinski definition) is 1. The van der Waals surface area contributed by atoms with E-state index in [0.717, 1.165) is 17.9 Å². The van der Waals surface area contributed by atoms with E-state index >= 15 is 0 Å². The third-order valence-electron chi connectivity index (χ3n) is 2.28. The van der Waals surface area contributed by atoms with Crippen molar-refractivity contribution in [1.29, 1.82) is 0 Å². The van der Waals surface area contributed by atoms with Crippen LogP contribution in [0, 0.1) is 0 Å². The summed E-state index contributed by atoms with van der Waals surface area (Å²) >= 11 is 0. The van der Waals surface area contributed by atoms with Crippen molar-refractivity contribution in [2.75, 3.05) is 5.32 Å². The van der Waals surface area contributed by atoms with Crippen molar-refractivity contribution >= 4 is 11.5 Å². The summed E-state index contributed by atoms with van der Waals surface area (Å²) in [5, 5.41) is 3.27. The van der Waals surface area contributed by atoms with E-state index in [0.29, 0.717) is 0 Å². The molecule has 0 aliphatic rings. The van der Waals surface area contributed by atoms with Gasteiger partial charge in [0, 0.05) is 11.9 Å². The van der Waals surface area contributed by atoms with Crippen molar-refractivity contribution in [1.82, 2.24) is 4.98 Å². The highest BCUT2D eigenvalue weighted by atomic mass is 15.0. The summed E-state index contributed by atoms with van der Waals surface area (Å²) in [7, 11) is 0. The number of pyridine rings is 1. The third kappa shape index (κ3) is 2.56. The minimum absolute atomic E-state index is 0.903. The molecule has 0 spiro atoms. The van der Waals surface area contributed by atoms with Gasteiger partial charge >= 0.3 is 0 Å². The molecule has 0 saturated carbocycles. The maximum Gasteiger partial charge on any atom is 0.130 e. The Bertz CT molecular complexity index is 424. The van der Waals surface area contributed by atoms with Gasteiger partial charge in [-0.25, -0.2) is 4.98 Å². The second-order valence-corrected chi connectivity index (χ2v) is 3.39. The van der Waals surface area contributed by atoms with Crippen LogP contribution in [-0.2, 0) is 6.42 Å². The Kier molecular flexibility index (Phi) is 2.98. The standard InChI is InChI=1S/C13H14N2/c1-2-11-8-9-14-13(10-11)15-12-6-4-3-5-7-12/h3-10H,2H2,1H3,(H,14,15). The van der Waals surface area contributed by atoms with Crippen LogP contribution in [0.25, 0.3) is 0 Å². The molecule has 1 N–H and O–H groups in total. The van der Waals surface area contributed by atoms with Gasteiger partial charge in [0.1, 0.15) is 5.82 Å². The van der Waals surface area contributed by atoms with Gasteiger partial charge in [-0.1, -0.05) is 25.1 Å². The van der Waals surface area contributed by atoms with Crippen molar-refractivity contribution in [3.05, 3.63) is 54.2 Å². The summed E-state index contributed by atoms with van der Waals surface area (Å²) in [4.78, 5) is 4.27. The van der Waals surface area contributed by atoms with Crippen LogP contribution in [0.3, 0.4) is 0 Å². The van der Waals surface area contributed by atoms with Crippen molar-refractivity contribution in [2.45, 2.75) is 13.3 Å². The lowest BCUT2D eigenvalue weighted by molar-refractivity contribution is 1.12. The summed E-state index contributed by atoms with van der Waals surface area (Å²) in [6.45, 7) is 2.14. The SMILES string of the molecule is CCc1ccnc(Nc2ccccc2)c1. The molecule has 0 saturated heterocycles. The lowest BCUT2D eigenvalue weighted by atomic mass is 10.2.